The predicted octanol–water partition coefficient (Wildman–Crippen LogP) is 2.94. The predicted molar refractivity (Wildman–Crippen MR) is 79.3 cm³/mol. The Morgan fingerprint density at radius 2 is 1.80 bits per heavy atom. The standard InChI is InChI=1S/C16H17N3O/c20-11-5-4-8-13-9-10-14-16(18-19-17-14)15(13)12-6-2-1-3-7-12/h1-3,6-7,9-10,20H,4-5,8,11H2,(H,17,18,19). The van der Waals surface area contributed by atoms with Gasteiger partial charge in [0.15, 0.2) is 0 Å². The maximum atomic E-state index is 8.94. The van der Waals surface area contributed by atoms with E-state index in [9.17, 15) is 0 Å². The normalized spacial score (nSPS) is 11.1. The Morgan fingerprint density at radius 1 is 0.950 bits per heavy atom. The fourth-order valence-electron chi connectivity index (χ4n) is 2.52. The smallest absolute Gasteiger partial charge is 0.121 e. The summed E-state index contributed by atoms with van der Waals surface area (Å²) < 4.78 is 0. The van der Waals surface area contributed by atoms with Crippen LogP contribution in [-0.4, -0.2) is 27.1 Å². The quantitative estimate of drug-likeness (QED) is 0.699. The summed E-state index contributed by atoms with van der Waals surface area (Å²) in [5.74, 6) is 0. The van der Waals surface area contributed by atoms with E-state index < -0.39 is 0 Å². The van der Waals surface area contributed by atoms with Gasteiger partial charge in [-0.2, -0.15) is 15.4 Å². The van der Waals surface area contributed by atoms with Gasteiger partial charge in [-0.1, -0.05) is 36.4 Å². The zero-order valence-corrected chi connectivity index (χ0v) is 11.2. The lowest BCUT2D eigenvalue weighted by Crippen LogP contribution is -1.94. The second-order valence-corrected chi connectivity index (χ2v) is 4.84. The van der Waals surface area contributed by atoms with Crippen LogP contribution in [0.4, 0.5) is 0 Å². The topological polar surface area (TPSA) is 61.8 Å². The number of hydrogen-bond acceptors (Lipinski definition) is 3. The van der Waals surface area contributed by atoms with E-state index in [0.29, 0.717) is 0 Å². The number of aliphatic hydroxyl groups is 1. The van der Waals surface area contributed by atoms with Crippen molar-refractivity contribution in [2.75, 3.05) is 6.61 Å². The highest BCUT2D eigenvalue weighted by Crippen LogP contribution is 2.30. The number of hydrogen-bond donors (Lipinski definition) is 2. The number of unbranched alkanes of at least 4 members (excludes halogenated alkanes) is 1. The molecule has 0 saturated carbocycles. The molecule has 0 aliphatic heterocycles. The zero-order valence-electron chi connectivity index (χ0n) is 11.2. The van der Waals surface area contributed by atoms with Gasteiger partial charge >= 0.3 is 0 Å². The number of benzene rings is 2. The number of nitrogens with zero attached hydrogens (tertiary/aromatic N) is 2. The SMILES string of the molecule is OCCCCc1ccc2n[nH]nc2c1-c1ccccc1. The molecule has 0 unspecified atom stereocenters. The van der Waals surface area contributed by atoms with Crippen LogP contribution in [0.5, 0.6) is 0 Å². The highest BCUT2D eigenvalue weighted by molar-refractivity contribution is 5.93. The van der Waals surface area contributed by atoms with E-state index in [2.05, 4.69) is 33.6 Å². The third kappa shape index (κ3) is 2.42. The average molecular weight is 267 g/mol. The molecule has 0 bridgehead atoms. The van der Waals surface area contributed by atoms with E-state index in [4.69, 9.17) is 5.11 Å². The van der Waals surface area contributed by atoms with Gasteiger partial charge in [0.2, 0.25) is 0 Å². The van der Waals surface area contributed by atoms with Crippen LogP contribution in [0.1, 0.15) is 18.4 Å². The molecule has 0 fully saturated rings. The van der Waals surface area contributed by atoms with Crippen molar-refractivity contribution in [3.8, 4) is 11.1 Å². The van der Waals surface area contributed by atoms with Crippen molar-refractivity contribution in [3.05, 3.63) is 48.0 Å². The maximum absolute atomic E-state index is 8.94. The van der Waals surface area contributed by atoms with Crippen molar-refractivity contribution in [2.45, 2.75) is 19.3 Å². The lowest BCUT2D eigenvalue weighted by atomic mass is 9.95. The minimum absolute atomic E-state index is 0.243. The fourth-order valence-corrected chi connectivity index (χ4v) is 2.52. The molecule has 0 saturated heterocycles. The van der Waals surface area contributed by atoms with Crippen molar-refractivity contribution in [2.24, 2.45) is 0 Å². The Labute approximate surface area is 117 Å². The Balaban J connectivity index is 2.09. The van der Waals surface area contributed by atoms with Gasteiger partial charge in [0.25, 0.3) is 0 Å². The number of aryl methyl sites for hydroxylation is 1. The summed E-state index contributed by atoms with van der Waals surface area (Å²) in [5, 5.41) is 20.1. The molecule has 4 heteroatoms. The summed E-state index contributed by atoms with van der Waals surface area (Å²) >= 11 is 0. The molecule has 0 radical (unpaired) electrons. The Morgan fingerprint density at radius 3 is 2.60 bits per heavy atom. The van der Waals surface area contributed by atoms with Crippen LogP contribution < -0.4 is 0 Å². The van der Waals surface area contributed by atoms with Crippen molar-refractivity contribution in [1.82, 2.24) is 15.4 Å². The molecule has 0 amide bonds. The molecule has 1 aromatic heterocycles. The third-order valence-electron chi connectivity index (χ3n) is 3.49. The second-order valence-electron chi connectivity index (χ2n) is 4.84. The summed E-state index contributed by atoms with van der Waals surface area (Å²) in [4.78, 5) is 0. The second kappa shape index (κ2) is 5.84. The lowest BCUT2D eigenvalue weighted by molar-refractivity contribution is 0.284. The Kier molecular flexibility index (Phi) is 3.74. The van der Waals surface area contributed by atoms with E-state index in [1.807, 2.05) is 24.3 Å². The molecule has 0 spiro atoms. The van der Waals surface area contributed by atoms with E-state index in [-0.39, 0.29) is 6.61 Å². The molecule has 4 nitrogen and oxygen atoms in total. The number of fused-ring (bicyclic) bond motifs is 1. The first kappa shape index (κ1) is 12.8. The molecule has 20 heavy (non-hydrogen) atoms. The molecule has 102 valence electrons. The van der Waals surface area contributed by atoms with Crippen molar-refractivity contribution in [1.29, 1.82) is 0 Å². The highest BCUT2D eigenvalue weighted by atomic mass is 16.2. The minimum atomic E-state index is 0.243. The maximum Gasteiger partial charge on any atom is 0.121 e. The summed E-state index contributed by atoms with van der Waals surface area (Å²) in [5.41, 5.74) is 5.36. The molecule has 0 atom stereocenters. The molecule has 1 heterocycles. The molecule has 0 aliphatic carbocycles. The van der Waals surface area contributed by atoms with Gasteiger partial charge in [-0.25, -0.2) is 0 Å². The van der Waals surface area contributed by atoms with E-state index >= 15 is 0 Å². The van der Waals surface area contributed by atoms with Gasteiger partial charge < -0.3 is 5.11 Å². The Hall–Kier alpha value is -2.20. The van der Waals surface area contributed by atoms with E-state index in [1.54, 1.807) is 0 Å². The minimum Gasteiger partial charge on any atom is -0.396 e. The molecule has 2 N–H and O–H groups in total. The first-order valence-corrected chi connectivity index (χ1v) is 6.89. The summed E-state index contributed by atoms with van der Waals surface area (Å²) in [6.45, 7) is 0.243. The van der Waals surface area contributed by atoms with E-state index in [0.717, 1.165) is 41.4 Å². The first-order chi connectivity index (χ1) is 9.90. The third-order valence-corrected chi connectivity index (χ3v) is 3.49. The number of aromatic nitrogens is 3. The summed E-state index contributed by atoms with van der Waals surface area (Å²) in [7, 11) is 0. The number of rotatable bonds is 5. The van der Waals surface area contributed by atoms with Gasteiger partial charge in [-0.15, -0.1) is 0 Å². The van der Waals surface area contributed by atoms with Crippen LogP contribution in [0.2, 0.25) is 0 Å². The number of H-pyrrole nitrogens is 1. The number of nitrogens with one attached hydrogen (secondary N) is 1. The first-order valence-electron chi connectivity index (χ1n) is 6.89. The molecule has 3 rings (SSSR count). The molecular weight excluding hydrogens is 250 g/mol. The van der Waals surface area contributed by atoms with Crippen LogP contribution in [0, 0.1) is 0 Å². The molecule has 0 aliphatic rings. The van der Waals surface area contributed by atoms with Crippen molar-refractivity contribution >= 4 is 11.0 Å². The molecule has 2 aromatic carbocycles. The van der Waals surface area contributed by atoms with Crippen LogP contribution in [0.15, 0.2) is 42.5 Å². The molecule has 3 aromatic rings. The van der Waals surface area contributed by atoms with Gasteiger partial charge in [0, 0.05) is 12.2 Å². The summed E-state index contributed by atoms with van der Waals surface area (Å²) in [6, 6.07) is 14.4. The highest BCUT2D eigenvalue weighted by Gasteiger charge is 2.12. The average Bonchev–Trinajstić information content (AvgIpc) is 2.96. The zero-order chi connectivity index (χ0) is 13.8. The monoisotopic (exact) mass is 267 g/mol. The fraction of sp³-hybridized carbons (Fsp3) is 0.250. The Bertz CT molecular complexity index is 691. The van der Waals surface area contributed by atoms with Crippen molar-refractivity contribution < 1.29 is 5.11 Å². The van der Waals surface area contributed by atoms with Gasteiger partial charge in [-0.3, -0.25) is 0 Å². The van der Waals surface area contributed by atoms with Gasteiger partial charge in [0.05, 0.1) is 0 Å². The van der Waals surface area contributed by atoms with Gasteiger partial charge in [-0.05, 0) is 36.5 Å². The van der Waals surface area contributed by atoms with Crippen LogP contribution in [-0.2, 0) is 6.42 Å². The van der Waals surface area contributed by atoms with E-state index in [1.165, 1.54) is 5.56 Å². The van der Waals surface area contributed by atoms with Crippen molar-refractivity contribution in [3.63, 3.8) is 0 Å². The van der Waals surface area contributed by atoms with Gasteiger partial charge in [0.1, 0.15) is 11.0 Å². The van der Waals surface area contributed by atoms with Crippen LogP contribution in [0.3, 0.4) is 0 Å². The lowest BCUT2D eigenvalue weighted by Gasteiger charge is -2.10. The largest absolute Gasteiger partial charge is 0.396 e. The summed E-state index contributed by atoms with van der Waals surface area (Å²) in [6.07, 6.45) is 2.73. The molecular formula is C16H17N3O. The van der Waals surface area contributed by atoms with Crippen LogP contribution >= 0.6 is 0 Å². The number of aromatic amines is 1. The van der Waals surface area contributed by atoms with Crippen LogP contribution in [0.25, 0.3) is 22.2 Å². The number of aliphatic hydroxyl groups excluding tert-OH is 1.